The van der Waals surface area contributed by atoms with Gasteiger partial charge < -0.3 is 19.0 Å². The summed E-state index contributed by atoms with van der Waals surface area (Å²) in [6.07, 6.45) is 0.635. The lowest BCUT2D eigenvalue weighted by Gasteiger charge is -2.09. The van der Waals surface area contributed by atoms with Crippen LogP contribution in [0.3, 0.4) is 0 Å². The number of carbonyl (C=O) groups is 1. The van der Waals surface area contributed by atoms with Gasteiger partial charge in [-0.25, -0.2) is 4.79 Å². The summed E-state index contributed by atoms with van der Waals surface area (Å²) in [7, 11) is 1.32. The molecule has 2 heterocycles. The Labute approximate surface area is 116 Å². The quantitative estimate of drug-likeness (QED) is 0.804. The Bertz CT molecular complexity index is 576. The number of hydrogen-bond acceptors (Lipinski definition) is 7. The minimum atomic E-state index is -0.482. The van der Waals surface area contributed by atoms with Crippen LogP contribution in [-0.4, -0.2) is 29.8 Å². The second kappa shape index (κ2) is 6.33. The van der Waals surface area contributed by atoms with Crippen LogP contribution in [0.25, 0.3) is 0 Å². The number of hydrogen-bond donors (Lipinski definition) is 1. The predicted octanol–water partition coefficient (Wildman–Crippen LogP) is 1.65. The Kier molecular flexibility index (Phi) is 4.52. The van der Waals surface area contributed by atoms with Gasteiger partial charge in [-0.05, 0) is 26.0 Å². The molecule has 0 amide bonds. The van der Waals surface area contributed by atoms with Crippen molar-refractivity contribution in [3.8, 4) is 0 Å². The molecular weight excluding hydrogens is 262 g/mol. The van der Waals surface area contributed by atoms with Crippen LogP contribution < -0.4 is 5.32 Å². The topological polar surface area (TPSA) is 90.4 Å². The fourth-order valence-corrected chi connectivity index (χ4v) is 1.73. The summed E-state index contributed by atoms with van der Waals surface area (Å²) < 4.78 is 15.0. The molecule has 0 saturated carbocycles. The third kappa shape index (κ3) is 3.45. The number of aryl methyl sites for hydroxylation is 1. The van der Waals surface area contributed by atoms with E-state index in [1.165, 1.54) is 7.11 Å². The van der Waals surface area contributed by atoms with Gasteiger partial charge in [0.1, 0.15) is 5.76 Å². The molecule has 7 heteroatoms. The van der Waals surface area contributed by atoms with Crippen LogP contribution in [0.15, 0.2) is 21.1 Å². The van der Waals surface area contributed by atoms with Crippen molar-refractivity contribution in [1.82, 2.24) is 15.5 Å². The smallest absolute Gasteiger partial charge is 0.373 e. The molecule has 0 bridgehead atoms. The molecule has 7 nitrogen and oxygen atoms in total. The van der Waals surface area contributed by atoms with Gasteiger partial charge in [0, 0.05) is 13.0 Å². The number of carbonyl (C=O) groups excluding carboxylic acids is 1. The van der Waals surface area contributed by atoms with Crippen molar-refractivity contribution in [2.24, 2.45) is 0 Å². The highest BCUT2D eigenvalue weighted by molar-refractivity contribution is 5.86. The molecule has 0 fully saturated rings. The molecule has 0 spiro atoms. The molecule has 2 aromatic rings. The van der Waals surface area contributed by atoms with Crippen molar-refractivity contribution in [3.63, 3.8) is 0 Å². The standard InChI is InChI=1S/C13H17N3O4/c1-8(10-4-5-11(19-10)13(17)18-3)14-7-6-12-15-9(2)16-20-12/h4-5,8,14H,6-7H2,1-3H3. The molecule has 2 rings (SSSR count). The molecule has 1 unspecified atom stereocenters. The lowest BCUT2D eigenvalue weighted by molar-refractivity contribution is 0.0562. The molecule has 1 atom stereocenters. The number of methoxy groups -OCH3 is 1. The molecule has 2 aromatic heterocycles. The normalized spacial score (nSPS) is 12.3. The van der Waals surface area contributed by atoms with Crippen LogP contribution in [0.2, 0.25) is 0 Å². The van der Waals surface area contributed by atoms with E-state index in [0.717, 1.165) is 0 Å². The summed E-state index contributed by atoms with van der Waals surface area (Å²) in [5, 5.41) is 6.97. The van der Waals surface area contributed by atoms with Crippen molar-refractivity contribution in [1.29, 1.82) is 0 Å². The van der Waals surface area contributed by atoms with Gasteiger partial charge in [-0.1, -0.05) is 5.16 Å². The lowest BCUT2D eigenvalue weighted by atomic mass is 10.2. The molecule has 20 heavy (non-hydrogen) atoms. The van der Waals surface area contributed by atoms with E-state index in [1.54, 1.807) is 19.1 Å². The van der Waals surface area contributed by atoms with Crippen molar-refractivity contribution >= 4 is 5.97 Å². The fourth-order valence-electron chi connectivity index (χ4n) is 1.73. The Hall–Kier alpha value is -2.15. The first-order chi connectivity index (χ1) is 9.60. The average molecular weight is 279 g/mol. The Morgan fingerprint density at radius 2 is 2.30 bits per heavy atom. The highest BCUT2D eigenvalue weighted by atomic mass is 16.5. The van der Waals surface area contributed by atoms with Crippen LogP contribution >= 0.6 is 0 Å². The summed E-state index contributed by atoms with van der Waals surface area (Å²) in [6.45, 7) is 4.39. The van der Waals surface area contributed by atoms with Crippen molar-refractivity contribution in [2.45, 2.75) is 26.3 Å². The second-order valence-electron chi connectivity index (χ2n) is 4.35. The minimum Gasteiger partial charge on any atom is -0.463 e. The minimum absolute atomic E-state index is 0.0302. The first-order valence-electron chi connectivity index (χ1n) is 6.30. The van der Waals surface area contributed by atoms with E-state index in [9.17, 15) is 4.79 Å². The van der Waals surface area contributed by atoms with Crippen LogP contribution in [0, 0.1) is 6.92 Å². The number of ether oxygens (including phenoxy) is 1. The highest BCUT2D eigenvalue weighted by Crippen LogP contribution is 2.16. The van der Waals surface area contributed by atoms with Gasteiger partial charge in [0.15, 0.2) is 5.82 Å². The van der Waals surface area contributed by atoms with E-state index in [-0.39, 0.29) is 11.8 Å². The number of aromatic nitrogens is 2. The molecule has 0 aromatic carbocycles. The monoisotopic (exact) mass is 279 g/mol. The number of esters is 1. The maximum Gasteiger partial charge on any atom is 0.373 e. The molecule has 1 N–H and O–H groups in total. The van der Waals surface area contributed by atoms with Crippen LogP contribution in [0.5, 0.6) is 0 Å². The van der Waals surface area contributed by atoms with E-state index < -0.39 is 5.97 Å². The summed E-state index contributed by atoms with van der Waals surface area (Å²) in [5.41, 5.74) is 0. The van der Waals surface area contributed by atoms with Gasteiger partial charge in [0.25, 0.3) is 0 Å². The Balaban J connectivity index is 1.83. The fraction of sp³-hybridized carbons (Fsp3) is 0.462. The van der Waals surface area contributed by atoms with Gasteiger partial charge in [-0.2, -0.15) is 4.98 Å². The van der Waals surface area contributed by atoms with Gasteiger partial charge >= 0.3 is 5.97 Å². The van der Waals surface area contributed by atoms with Crippen LogP contribution in [0.4, 0.5) is 0 Å². The lowest BCUT2D eigenvalue weighted by Crippen LogP contribution is -2.21. The predicted molar refractivity (Wildman–Crippen MR) is 69.2 cm³/mol. The third-order valence-corrected chi connectivity index (χ3v) is 2.80. The third-order valence-electron chi connectivity index (χ3n) is 2.80. The van der Waals surface area contributed by atoms with Crippen LogP contribution in [-0.2, 0) is 11.2 Å². The van der Waals surface area contributed by atoms with E-state index in [4.69, 9.17) is 8.94 Å². The summed E-state index contributed by atoms with van der Waals surface area (Å²) in [4.78, 5) is 15.4. The highest BCUT2D eigenvalue weighted by Gasteiger charge is 2.15. The van der Waals surface area contributed by atoms with E-state index in [2.05, 4.69) is 20.2 Å². The second-order valence-corrected chi connectivity index (χ2v) is 4.35. The van der Waals surface area contributed by atoms with Crippen molar-refractivity contribution in [2.75, 3.05) is 13.7 Å². The summed E-state index contributed by atoms with van der Waals surface area (Å²) >= 11 is 0. The average Bonchev–Trinajstić information content (AvgIpc) is 3.07. The van der Waals surface area contributed by atoms with Crippen molar-refractivity contribution < 1.29 is 18.5 Å². The number of nitrogens with one attached hydrogen (secondary N) is 1. The zero-order valence-corrected chi connectivity index (χ0v) is 11.7. The number of nitrogens with zero attached hydrogens (tertiary/aromatic N) is 2. The molecular formula is C13H17N3O4. The van der Waals surface area contributed by atoms with Gasteiger partial charge in [-0.15, -0.1) is 0 Å². The molecule has 0 aliphatic heterocycles. The first-order valence-corrected chi connectivity index (χ1v) is 6.30. The van der Waals surface area contributed by atoms with Crippen LogP contribution in [0.1, 0.15) is 41.0 Å². The number of rotatable bonds is 6. The van der Waals surface area contributed by atoms with E-state index >= 15 is 0 Å². The SMILES string of the molecule is COC(=O)c1ccc(C(C)NCCc2nc(C)no2)o1. The molecule has 0 aliphatic rings. The molecule has 0 saturated heterocycles. The number of furan rings is 1. The van der Waals surface area contributed by atoms with E-state index in [0.29, 0.717) is 30.4 Å². The Morgan fingerprint density at radius 3 is 2.95 bits per heavy atom. The van der Waals surface area contributed by atoms with Gasteiger partial charge in [-0.3, -0.25) is 0 Å². The molecule has 108 valence electrons. The van der Waals surface area contributed by atoms with Gasteiger partial charge in [0.2, 0.25) is 11.7 Å². The van der Waals surface area contributed by atoms with Crippen molar-refractivity contribution in [3.05, 3.63) is 35.4 Å². The Morgan fingerprint density at radius 1 is 1.50 bits per heavy atom. The zero-order chi connectivity index (χ0) is 14.5. The van der Waals surface area contributed by atoms with Gasteiger partial charge in [0.05, 0.1) is 13.2 Å². The summed E-state index contributed by atoms with van der Waals surface area (Å²) in [5.74, 6) is 1.61. The molecule has 0 radical (unpaired) electrons. The maximum absolute atomic E-state index is 11.3. The maximum atomic E-state index is 11.3. The zero-order valence-electron chi connectivity index (χ0n) is 11.7. The molecule has 0 aliphatic carbocycles. The summed E-state index contributed by atoms with van der Waals surface area (Å²) in [6, 6.07) is 3.32. The first kappa shape index (κ1) is 14.3. The van der Waals surface area contributed by atoms with E-state index in [1.807, 2.05) is 6.92 Å². The largest absolute Gasteiger partial charge is 0.463 e.